The maximum Gasteiger partial charge on any atom is 0.289 e. The van der Waals surface area contributed by atoms with Crippen molar-refractivity contribution in [3.8, 4) is 0 Å². The number of hydrogen-bond donors (Lipinski definition) is 0. The number of carbonyl (C=O) groups excluding carboxylic acids is 1. The lowest BCUT2D eigenvalue weighted by atomic mass is 9.94. The second kappa shape index (κ2) is 8.37. The van der Waals surface area contributed by atoms with Crippen LogP contribution in [-0.4, -0.2) is 68.7 Å². The summed E-state index contributed by atoms with van der Waals surface area (Å²) in [5.74, 6) is 0.196. The number of rotatable bonds is 3. The van der Waals surface area contributed by atoms with Crippen LogP contribution in [0.25, 0.3) is 11.0 Å². The quantitative estimate of drug-likeness (QED) is 0.675. The van der Waals surface area contributed by atoms with Crippen LogP contribution in [0.15, 0.2) is 27.5 Å². The highest BCUT2D eigenvalue weighted by atomic mass is 32.2. The lowest BCUT2D eigenvalue weighted by Crippen LogP contribution is -2.47. The van der Waals surface area contributed by atoms with Crippen molar-refractivity contribution in [2.75, 3.05) is 39.4 Å². The Morgan fingerprint density at radius 1 is 1.06 bits per heavy atom. The van der Waals surface area contributed by atoms with Gasteiger partial charge in [-0.3, -0.25) is 4.79 Å². The fourth-order valence-corrected chi connectivity index (χ4v) is 7.20. The number of sulfonamides is 1. The predicted octanol–water partition coefficient (Wildman–Crippen LogP) is 3.39. The zero-order valence-corrected chi connectivity index (χ0v) is 20.3. The van der Waals surface area contributed by atoms with E-state index in [-0.39, 0.29) is 16.6 Å². The molecule has 5 rings (SSSR count). The van der Waals surface area contributed by atoms with E-state index in [2.05, 4.69) is 13.8 Å². The third-order valence-corrected chi connectivity index (χ3v) is 9.03. The first-order valence-corrected chi connectivity index (χ1v) is 13.2. The third-order valence-electron chi connectivity index (χ3n) is 7.20. The summed E-state index contributed by atoms with van der Waals surface area (Å²) in [6.45, 7) is 9.30. The number of hydrogen-bond acceptors (Lipinski definition) is 6. The molecule has 0 aliphatic carbocycles. The number of nitrogens with zero attached hydrogens (tertiary/aromatic N) is 2. The van der Waals surface area contributed by atoms with Crippen molar-refractivity contribution >= 4 is 26.9 Å². The first-order chi connectivity index (χ1) is 15.7. The van der Waals surface area contributed by atoms with Gasteiger partial charge in [-0.1, -0.05) is 13.8 Å². The van der Waals surface area contributed by atoms with E-state index in [9.17, 15) is 13.2 Å². The molecule has 3 aliphatic heterocycles. The molecule has 0 saturated carbocycles. The van der Waals surface area contributed by atoms with E-state index in [1.165, 1.54) is 0 Å². The Balaban J connectivity index is 1.39. The van der Waals surface area contributed by atoms with E-state index >= 15 is 0 Å². The van der Waals surface area contributed by atoms with E-state index in [0.29, 0.717) is 80.6 Å². The summed E-state index contributed by atoms with van der Waals surface area (Å²) in [5.41, 5.74) is 1.19. The molecule has 3 fully saturated rings. The minimum absolute atomic E-state index is 0.181. The average molecular weight is 477 g/mol. The minimum Gasteiger partial charge on any atom is -0.451 e. The maximum absolute atomic E-state index is 13.3. The standard InChI is InChI=1S/C24H32N2O6S/c1-16-12-17(2)15-26(14-16)33(28,29)19-4-5-21-20(13-19)18(3)22(32-21)23(27)25-8-6-24(7-9-25)30-10-11-31-24/h4-5,13,16-17H,6-12,14-15H2,1-3H3. The fourth-order valence-electron chi connectivity index (χ4n) is 5.50. The molecule has 180 valence electrons. The summed E-state index contributed by atoms with van der Waals surface area (Å²) in [7, 11) is -3.61. The lowest BCUT2D eigenvalue weighted by Gasteiger charge is -2.37. The molecule has 1 spiro atoms. The molecule has 8 nitrogen and oxygen atoms in total. The zero-order valence-electron chi connectivity index (χ0n) is 19.5. The zero-order chi connectivity index (χ0) is 23.4. The van der Waals surface area contributed by atoms with E-state index in [4.69, 9.17) is 13.9 Å². The molecule has 2 aromatic rings. The van der Waals surface area contributed by atoms with Gasteiger partial charge in [-0.25, -0.2) is 8.42 Å². The van der Waals surface area contributed by atoms with Crippen LogP contribution < -0.4 is 0 Å². The van der Waals surface area contributed by atoms with Crippen LogP contribution in [0.3, 0.4) is 0 Å². The monoisotopic (exact) mass is 476 g/mol. The maximum atomic E-state index is 13.3. The molecule has 0 N–H and O–H groups in total. The molecule has 2 unspecified atom stereocenters. The molecule has 3 saturated heterocycles. The number of aryl methyl sites for hydroxylation is 1. The molecule has 9 heteroatoms. The molecule has 33 heavy (non-hydrogen) atoms. The van der Waals surface area contributed by atoms with Crippen LogP contribution in [0.1, 0.15) is 49.2 Å². The molecule has 0 radical (unpaired) electrons. The average Bonchev–Trinajstić information content (AvgIpc) is 3.37. The summed E-state index contributed by atoms with van der Waals surface area (Å²) in [6.07, 6.45) is 2.30. The molecule has 3 aliphatic rings. The number of fused-ring (bicyclic) bond motifs is 1. The van der Waals surface area contributed by atoms with Gasteiger partial charge in [-0.2, -0.15) is 4.31 Å². The van der Waals surface area contributed by atoms with Gasteiger partial charge in [0.05, 0.1) is 18.1 Å². The van der Waals surface area contributed by atoms with Crippen molar-refractivity contribution < 1.29 is 27.1 Å². The van der Waals surface area contributed by atoms with Gasteiger partial charge in [0.1, 0.15) is 5.58 Å². The Labute approximate surface area is 194 Å². The molecular weight excluding hydrogens is 444 g/mol. The third kappa shape index (κ3) is 4.09. The van der Waals surface area contributed by atoms with Gasteiger partial charge in [0.2, 0.25) is 10.0 Å². The van der Waals surface area contributed by atoms with Gasteiger partial charge in [0, 0.05) is 50.0 Å². The Bertz CT molecular complexity index is 1150. The number of ether oxygens (including phenoxy) is 2. The molecule has 4 heterocycles. The molecule has 0 bridgehead atoms. The highest BCUT2D eigenvalue weighted by molar-refractivity contribution is 7.89. The molecular formula is C24H32N2O6S. The summed E-state index contributed by atoms with van der Waals surface area (Å²) >= 11 is 0. The second-order valence-corrected chi connectivity index (χ2v) is 11.8. The largest absolute Gasteiger partial charge is 0.451 e. The van der Waals surface area contributed by atoms with E-state index in [1.807, 2.05) is 6.92 Å². The van der Waals surface area contributed by atoms with Crippen LogP contribution >= 0.6 is 0 Å². The topological polar surface area (TPSA) is 89.3 Å². The lowest BCUT2D eigenvalue weighted by molar-refractivity contribution is -0.181. The van der Waals surface area contributed by atoms with Crippen molar-refractivity contribution in [3.63, 3.8) is 0 Å². The Morgan fingerprint density at radius 2 is 1.70 bits per heavy atom. The van der Waals surface area contributed by atoms with E-state index in [1.54, 1.807) is 27.4 Å². The van der Waals surface area contributed by atoms with Crippen molar-refractivity contribution in [1.29, 1.82) is 0 Å². The summed E-state index contributed by atoms with van der Waals surface area (Å²) in [6, 6.07) is 4.89. The first-order valence-electron chi connectivity index (χ1n) is 11.8. The van der Waals surface area contributed by atoms with Gasteiger partial charge < -0.3 is 18.8 Å². The van der Waals surface area contributed by atoms with Gasteiger partial charge in [-0.15, -0.1) is 0 Å². The first kappa shape index (κ1) is 22.8. The van der Waals surface area contributed by atoms with E-state index < -0.39 is 15.8 Å². The Morgan fingerprint density at radius 3 is 2.33 bits per heavy atom. The van der Waals surface area contributed by atoms with Crippen LogP contribution in [-0.2, 0) is 19.5 Å². The van der Waals surface area contributed by atoms with Crippen molar-refractivity contribution in [2.45, 2.75) is 50.7 Å². The second-order valence-electron chi connectivity index (χ2n) is 9.88. The predicted molar refractivity (Wildman–Crippen MR) is 122 cm³/mol. The number of furan rings is 1. The number of benzene rings is 1. The number of piperidine rings is 2. The molecule has 1 aromatic carbocycles. The highest BCUT2D eigenvalue weighted by Gasteiger charge is 2.41. The van der Waals surface area contributed by atoms with Crippen molar-refractivity contribution in [2.24, 2.45) is 11.8 Å². The fraction of sp³-hybridized carbons (Fsp3) is 0.625. The van der Waals surface area contributed by atoms with Gasteiger partial charge in [0.25, 0.3) is 5.91 Å². The number of carbonyl (C=O) groups is 1. The van der Waals surface area contributed by atoms with Crippen molar-refractivity contribution in [3.05, 3.63) is 29.5 Å². The van der Waals surface area contributed by atoms with E-state index in [0.717, 1.165) is 6.42 Å². The minimum atomic E-state index is -3.61. The number of amides is 1. The Kier molecular flexibility index (Phi) is 5.79. The van der Waals surface area contributed by atoms with Crippen LogP contribution in [0.4, 0.5) is 0 Å². The summed E-state index contributed by atoms with van der Waals surface area (Å²) in [5, 5.41) is 0.661. The van der Waals surface area contributed by atoms with Gasteiger partial charge in [0.15, 0.2) is 11.5 Å². The van der Waals surface area contributed by atoms with Crippen LogP contribution in [0, 0.1) is 18.8 Å². The molecule has 1 amide bonds. The molecule has 2 atom stereocenters. The summed E-state index contributed by atoms with van der Waals surface area (Å²) in [4.78, 5) is 15.2. The van der Waals surface area contributed by atoms with Crippen molar-refractivity contribution in [1.82, 2.24) is 9.21 Å². The van der Waals surface area contributed by atoms with Gasteiger partial charge >= 0.3 is 0 Å². The summed E-state index contributed by atoms with van der Waals surface area (Å²) < 4.78 is 45.7. The highest BCUT2D eigenvalue weighted by Crippen LogP contribution is 2.34. The molecule has 1 aromatic heterocycles. The Hall–Kier alpha value is -1.94. The normalized spacial score (nSPS) is 26.3. The van der Waals surface area contributed by atoms with Gasteiger partial charge in [-0.05, 0) is 43.4 Å². The van der Waals surface area contributed by atoms with Crippen LogP contribution in [0.5, 0.6) is 0 Å². The smallest absolute Gasteiger partial charge is 0.289 e. The number of likely N-dealkylation sites (tertiary alicyclic amines) is 1. The SMILES string of the molecule is Cc1c(C(=O)N2CCC3(CC2)OCCO3)oc2ccc(S(=O)(=O)N3CC(C)CC(C)C3)cc12. The van der Waals surface area contributed by atoms with Crippen LogP contribution in [0.2, 0.25) is 0 Å².